The molecular weight excluding hydrogens is 408 g/mol. The van der Waals surface area contributed by atoms with Gasteiger partial charge in [-0.3, -0.25) is 9.52 Å². The van der Waals surface area contributed by atoms with E-state index in [0.29, 0.717) is 5.56 Å². The van der Waals surface area contributed by atoms with E-state index < -0.39 is 21.7 Å². The summed E-state index contributed by atoms with van der Waals surface area (Å²) < 4.78 is 27.1. The van der Waals surface area contributed by atoms with Gasteiger partial charge in [-0.25, -0.2) is 23.2 Å². The van der Waals surface area contributed by atoms with Gasteiger partial charge in [0.1, 0.15) is 11.5 Å². The first-order valence-electron chi connectivity index (χ1n) is 7.43. The van der Waals surface area contributed by atoms with Crippen LogP contribution in [0.15, 0.2) is 33.6 Å². The molecule has 1 heterocycles. The van der Waals surface area contributed by atoms with Crippen molar-refractivity contribution in [2.24, 2.45) is 16.5 Å². The van der Waals surface area contributed by atoms with E-state index in [0.717, 1.165) is 17.4 Å². The predicted molar refractivity (Wildman–Crippen MR) is 100 cm³/mol. The molecule has 0 saturated carbocycles. The largest absolute Gasteiger partial charge is 0.476 e. The lowest BCUT2D eigenvalue weighted by Crippen LogP contribution is -2.24. The Morgan fingerprint density at radius 1 is 1.36 bits per heavy atom. The summed E-state index contributed by atoms with van der Waals surface area (Å²) in [5.41, 5.74) is 11.3. The Morgan fingerprint density at radius 2 is 2.07 bits per heavy atom. The van der Waals surface area contributed by atoms with Crippen molar-refractivity contribution in [3.8, 4) is 6.07 Å². The first kappa shape index (κ1) is 20.8. The second-order valence-electron chi connectivity index (χ2n) is 5.33. The van der Waals surface area contributed by atoms with Crippen LogP contribution in [-0.2, 0) is 21.2 Å². The number of Topliss-reactive ketones (excluding diaryl/α,β-unsaturated/α-hetero) is 1. The number of aromatic nitrogens is 1. The average Bonchev–Trinajstić information content (AvgIpc) is 3.07. The summed E-state index contributed by atoms with van der Waals surface area (Å²) in [6, 6.07) is 5.45. The summed E-state index contributed by atoms with van der Waals surface area (Å²) in [5, 5.41) is 18.1. The maximum absolute atomic E-state index is 12.5. The second-order valence-corrected chi connectivity index (χ2v) is 7.87. The Labute approximate surface area is 163 Å². The highest BCUT2D eigenvalue weighted by Crippen LogP contribution is 2.25. The van der Waals surface area contributed by atoms with E-state index >= 15 is 0 Å². The Bertz CT molecular complexity index is 1100. The molecule has 2 aromatic rings. The molecule has 0 fully saturated rings. The first-order valence-corrected chi connectivity index (χ1v) is 9.80. The third-order valence-electron chi connectivity index (χ3n) is 3.33. The highest BCUT2D eigenvalue weighted by molar-refractivity contribution is 7.93. The van der Waals surface area contributed by atoms with Crippen molar-refractivity contribution in [2.45, 2.75) is 11.3 Å². The van der Waals surface area contributed by atoms with Gasteiger partial charge in [-0.2, -0.15) is 5.26 Å². The van der Waals surface area contributed by atoms with E-state index in [-0.39, 0.29) is 40.2 Å². The number of carboxylic acid groups (broad SMARTS) is 1. The minimum atomic E-state index is -4.17. The number of carbonyl (C=O) groups is 2. The zero-order valence-corrected chi connectivity index (χ0v) is 15.7. The summed E-state index contributed by atoms with van der Waals surface area (Å²) in [4.78, 5) is 29.8. The highest BCUT2D eigenvalue weighted by Gasteiger charge is 2.22. The van der Waals surface area contributed by atoms with Crippen LogP contribution in [0.1, 0.15) is 21.6 Å². The molecule has 0 saturated heterocycles. The lowest BCUT2D eigenvalue weighted by atomic mass is 10.0. The predicted octanol–water partition coefficient (Wildman–Crippen LogP) is -0.101. The molecule has 0 aliphatic heterocycles. The fraction of sp³-hybridized carbons (Fsp3) is 0.133. The number of rotatable bonds is 8. The van der Waals surface area contributed by atoms with E-state index in [2.05, 4.69) is 14.7 Å². The van der Waals surface area contributed by atoms with Crippen molar-refractivity contribution in [1.29, 1.82) is 5.26 Å². The number of benzene rings is 1. The number of hydrogen-bond acceptors (Lipinski definition) is 8. The Balaban J connectivity index is 2.28. The molecule has 1 aromatic carbocycles. The van der Waals surface area contributed by atoms with E-state index in [1.165, 1.54) is 17.6 Å². The van der Waals surface area contributed by atoms with E-state index in [9.17, 15) is 23.3 Å². The van der Waals surface area contributed by atoms with Gasteiger partial charge < -0.3 is 16.6 Å². The zero-order chi connectivity index (χ0) is 20.9. The van der Waals surface area contributed by atoms with Crippen LogP contribution in [-0.4, -0.2) is 42.8 Å². The van der Waals surface area contributed by atoms with Gasteiger partial charge in [-0.1, -0.05) is 6.07 Å². The van der Waals surface area contributed by atoms with E-state index in [1.54, 1.807) is 0 Å². The highest BCUT2D eigenvalue weighted by atomic mass is 32.2. The number of thiazole rings is 1. The summed E-state index contributed by atoms with van der Waals surface area (Å²) in [6.07, 6.45) is -0.161. The van der Waals surface area contributed by atoms with Gasteiger partial charge in [-0.05, 0) is 17.7 Å². The van der Waals surface area contributed by atoms with Gasteiger partial charge in [0.05, 0.1) is 22.0 Å². The minimum absolute atomic E-state index is 0.0244. The van der Waals surface area contributed by atoms with Crippen LogP contribution >= 0.6 is 11.3 Å². The number of nitriles is 1. The van der Waals surface area contributed by atoms with Crippen LogP contribution < -0.4 is 16.2 Å². The number of aliphatic imine (C=N–C) groups is 1. The molecule has 1 aromatic heterocycles. The number of carboxylic acids is 1. The molecule has 0 spiro atoms. The summed E-state index contributed by atoms with van der Waals surface area (Å²) in [7, 11) is -4.17. The monoisotopic (exact) mass is 422 g/mol. The fourth-order valence-electron chi connectivity index (χ4n) is 2.08. The Hall–Kier alpha value is -3.50. The maximum Gasteiger partial charge on any atom is 0.357 e. The quantitative estimate of drug-likeness (QED) is 0.331. The zero-order valence-electron chi connectivity index (χ0n) is 14.1. The van der Waals surface area contributed by atoms with Crippen LogP contribution in [0.5, 0.6) is 0 Å². The van der Waals surface area contributed by atoms with Crippen LogP contribution in [0.25, 0.3) is 0 Å². The first-order chi connectivity index (χ1) is 13.1. The van der Waals surface area contributed by atoms with Gasteiger partial charge in [0, 0.05) is 6.42 Å². The number of carbonyl (C=O) groups excluding carboxylic acids is 1. The van der Waals surface area contributed by atoms with Crippen LogP contribution in [0, 0.1) is 11.3 Å². The molecule has 2 rings (SSSR count). The number of hydrogen-bond donors (Lipinski definition) is 4. The molecule has 0 radical (unpaired) electrons. The van der Waals surface area contributed by atoms with E-state index in [1.807, 2.05) is 6.07 Å². The van der Waals surface area contributed by atoms with Gasteiger partial charge in [-0.15, -0.1) is 11.3 Å². The number of guanidine groups is 1. The molecule has 0 amide bonds. The smallest absolute Gasteiger partial charge is 0.357 e. The molecule has 0 bridgehead atoms. The number of nitrogens with two attached hydrogens (primary N) is 2. The summed E-state index contributed by atoms with van der Waals surface area (Å²) in [5.74, 6) is -1.99. The Morgan fingerprint density at radius 3 is 2.68 bits per heavy atom. The molecule has 146 valence electrons. The van der Waals surface area contributed by atoms with Crippen LogP contribution in [0.3, 0.4) is 0 Å². The van der Waals surface area contributed by atoms with Crippen molar-refractivity contribution in [3.05, 3.63) is 40.5 Å². The van der Waals surface area contributed by atoms with Gasteiger partial charge in [0.25, 0.3) is 10.0 Å². The van der Waals surface area contributed by atoms with Crippen molar-refractivity contribution in [3.63, 3.8) is 0 Å². The third-order valence-corrected chi connectivity index (χ3v) is 5.55. The molecule has 0 atom stereocenters. The van der Waals surface area contributed by atoms with Gasteiger partial charge in [0.15, 0.2) is 17.4 Å². The summed E-state index contributed by atoms with van der Waals surface area (Å²) in [6.45, 7) is -0.266. The molecule has 0 aliphatic carbocycles. The average molecular weight is 422 g/mol. The molecule has 0 aliphatic rings. The normalized spacial score (nSPS) is 10.7. The topological polar surface area (TPSA) is 202 Å². The number of sulfonamides is 1. The molecule has 6 N–H and O–H groups in total. The number of aromatic carboxylic acids is 1. The fourth-order valence-corrected chi connectivity index (χ4v) is 4.10. The van der Waals surface area contributed by atoms with Crippen molar-refractivity contribution >= 4 is 44.1 Å². The van der Waals surface area contributed by atoms with Gasteiger partial charge in [0.2, 0.25) is 0 Å². The van der Waals surface area contributed by atoms with Crippen molar-refractivity contribution in [2.75, 3.05) is 11.3 Å². The number of nitrogens with zero attached hydrogens (tertiary/aromatic N) is 3. The van der Waals surface area contributed by atoms with Crippen LogP contribution in [0.4, 0.5) is 5.00 Å². The molecule has 13 heteroatoms. The molecule has 28 heavy (non-hydrogen) atoms. The molecule has 0 unspecified atom stereocenters. The molecule has 11 nitrogen and oxygen atoms in total. The minimum Gasteiger partial charge on any atom is -0.476 e. The number of ketones is 1. The standard InChI is InChI=1S/C15H14N6O5S2/c16-5-9-4-11(2-1-8(9)3-10(22)6-19-15(17)18)28(25,26)21-13-12(14(23)24)20-7-27-13/h1-2,4,7,21H,3,6H2,(H,23,24)(H4,17,18,19). The molecular formula is C15H14N6O5S2. The van der Waals surface area contributed by atoms with Crippen molar-refractivity contribution < 1.29 is 23.1 Å². The SMILES string of the molecule is N#Cc1cc(S(=O)(=O)Nc2scnc2C(=O)O)ccc1CC(=O)CN=C(N)N. The lowest BCUT2D eigenvalue weighted by molar-refractivity contribution is -0.117. The maximum atomic E-state index is 12.5. The lowest BCUT2D eigenvalue weighted by Gasteiger charge is -2.09. The Kier molecular flexibility index (Phi) is 6.29. The third kappa shape index (κ3) is 5.02. The van der Waals surface area contributed by atoms with Crippen LogP contribution in [0.2, 0.25) is 0 Å². The number of nitrogens with one attached hydrogen (secondary N) is 1. The van der Waals surface area contributed by atoms with Crippen molar-refractivity contribution in [1.82, 2.24) is 4.98 Å². The van der Waals surface area contributed by atoms with E-state index in [4.69, 9.17) is 16.6 Å². The number of anilines is 1. The van der Waals surface area contributed by atoms with Gasteiger partial charge >= 0.3 is 5.97 Å². The second kappa shape index (κ2) is 8.46. The summed E-state index contributed by atoms with van der Waals surface area (Å²) >= 11 is 0.804.